The van der Waals surface area contributed by atoms with E-state index >= 15 is 0 Å². The Kier molecular flexibility index (Phi) is 10.3. The maximum atomic E-state index is 14.4. The van der Waals surface area contributed by atoms with Crippen molar-refractivity contribution in [2.45, 2.75) is 38.1 Å². The normalized spacial score (nSPS) is 16.2. The van der Waals surface area contributed by atoms with Crippen molar-refractivity contribution in [2.75, 3.05) is 19.6 Å². The highest BCUT2D eigenvalue weighted by Gasteiger charge is 2.41. The number of phenolic OH excluding ortho intramolecular Hbond substituents is 1. The molecule has 3 atom stereocenters. The number of nitrogens with two attached hydrogens (primary N) is 1. The lowest BCUT2D eigenvalue weighted by Crippen LogP contribution is -2.60. The number of benzene rings is 4. The number of primary amides is 1. The van der Waals surface area contributed by atoms with Crippen molar-refractivity contribution in [3.8, 4) is 11.8 Å². The molecule has 0 spiro atoms. The predicted molar refractivity (Wildman–Crippen MR) is 173 cm³/mol. The minimum atomic E-state index is -0.946. The maximum Gasteiger partial charge on any atom is 0.242 e. The molecule has 0 saturated carbocycles. The summed E-state index contributed by atoms with van der Waals surface area (Å²) in [7, 11) is 0. The van der Waals surface area contributed by atoms with Gasteiger partial charge in [0.25, 0.3) is 0 Å². The van der Waals surface area contributed by atoms with Crippen LogP contribution in [0.3, 0.4) is 0 Å². The van der Waals surface area contributed by atoms with E-state index in [1.54, 1.807) is 29.2 Å². The molecule has 3 N–H and O–H groups in total. The zero-order valence-corrected chi connectivity index (χ0v) is 25.5. The van der Waals surface area contributed by atoms with Crippen molar-refractivity contribution < 1.29 is 23.9 Å². The second-order valence-electron chi connectivity index (χ2n) is 11.9. The lowest BCUT2D eigenvalue weighted by atomic mass is 9.80. The molecular formula is C37H37FN4O4. The van der Waals surface area contributed by atoms with Gasteiger partial charge >= 0.3 is 0 Å². The first kappa shape index (κ1) is 32.2. The van der Waals surface area contributed by atoms with Crippen LogP contribution in [0.4, 0.5) is 4.39 Å². The van der Waals surface area contributed by atoms with Gasteiger partial charge in [0.2, 0.25) is 17.7 Å². The van der Waals surface area contributed by atoms with Crippen LogP contribution in [0.15, 0.2) is 91.0 Å². The smallest absolute Gasteiger partial charge is 0.242 e. The number of halogens is 1. The second kappa shape index (κ2) is 14.7. The van der Waals surface area contributed by atoms with Gasteiger partial charge in [0.05, 0.1) is 23.9 Å². The molecule has 8 nitrogen and oxygen atoms in total. The molecule has 5 rings (SSSR count). The SMILES string of the molecule is N#CCCC1CN(CCc2ccc3ccccc3c2)C(=O)CN1C(=O)C(Cc1ccc(F)cc1)C(Cc1ccc(O)cc1)C(N)=O. The minimum absolute atomic E-state index is 0.0654. The molecule has 3 amide bonds. The van der Waals surface area contributed by atoms with Crippen LogP contribution in [0.5, 0.6) is 5.75 Å². The second-order valence-corrected chi connectivity index (χ2v) is 11.9. The highest BCUT2D eigenvalue weighted by atomic mass is 19.1. The third-order valence-corrected chi connectivity index (χ3v) is 8.82. The molecule has 236 valence electrons. The maximum absolute atomic E-state index is 14.4. The van der Waals surface area contributed by atoms with Crippen molar-refractivity contribution in [3.05, 3.63) is 114 Å². The average Bonchev–Trinajstić information content (AvgIpc) is 3.06. The molecule has 0 aliphatic carbocycles. The van der Waals surface area contributed by atoms with E-state index in [1.165, 1.54) is 29.2 Å². The number of hydrogen-bond donors (Lipinski definition) is 2. The molecule has 4 aromatic carbocycles. The largest absolute Gasteiger partial charge is 0.508 e. The number of nitrogens with zero attached hydrogens (tertiary/aromatic N) is 3. The molecule has 4 aromatic rings. The number of fused-ring (bicyclic) bond motifs is 1. The fraction of sp³-hybridized carbons (Fsp3) is 0.297. The summed E-state index contributed by atoms with van der Waals surface area (Å²) in [4.78, 5) is 44.2. The molecule has 1 aliphatic heterocycles. The molecule has 46 heavy (non-hydrogen) atoms. The standard InChI is InChI=1S/C37H37FN4O4/c38-30-13-8-25(9-14-30)22-34(33(36(40)45)21-26-10-15-32(43)16-11-26)37(46)42-24-35(44)41(23-31(42)6-3-18-39)19-17-27-7-12-28-4-1-2-5-29(28)20-27/h1-2,4-5,7-16,20,31,33-34,43H,3,6,17,19,21-24H2,(H2,40,45). The van der Waals surface area contributed by atoms with Gasteiger partial charge in [-0.2, -0.15) is 5.26 Å². The van der Waals surface area contributed by atoms with Crippen LogP contribution in [0, 0.1) is 29.0 Å². The van der Waals surface area contributed by atoms with Gasteiger partial charge < -0.3 is 20.6 Å². The van der Waals surface area contributed by atoms with Crippen LogP contribution >= 0.6 is 0 Å². The summed E-state index contributed by atoms with van der Waals surface area (Å²) in [5.74, 6) is -3.55. The number of aromatic hydroxyl groups is 1. The summed E-state index contributed by atoms with van der Waals surface area (Å²) in [6, 6.07) is 28.1. The van der Waals surface area contributed by atoms with Crippen LogP contribution < -0.4 is 5.73 Å². The molecule has 0 aromatic heterocycles. The number of phenols is 1. The van der Waals surface area contributed by atoms with Crippen LogP contribution in [-0.4, -0.2) is 58.3 Å². The van der Waals surface area contributed by atoms with E-state index in [1.807, 2.05) is 12.1 Å². The number of rotatable bonds is 12. The Hall–Kier alpha value is -5.23. The Balaban J connectivity index is 1.39. The first-order chi connectivity index (χ1) is 22.2. The average molecular weight is 621 g/mol. The summed E-state index contributed by atoms with van der Waals surface area (Å²) < 4.78 is 13.7. The summed E-state index contributed by atoms with van der Waals surface area (Å²) in [6.45, 7) is 0.547. The van der Waals surface area contributed by atoms with Gasteiger partial charge in [-0.15, -0.1) is 0 Å². The molecule has 1 heterocycles. The van der Waals surface area contributed by atoms with Crippen LogP contribution in [0.25, 0.3) is 10.8 Å². The van der Waals surface area contributed by atoms with Crippen molar-refractivity contribution in [3.63, 3.8) is 0 Å². The van der Waals surface area contributed by atoms with Crippen LogP contribution in [-0.2, 0) is 33.6 Å². The number of amides is 3. The number of piperazine rings is 1. The van der Waals surface area contributed by atoms with E-state index in [9.17, 15) is 29.1 Å². The summed E-state index contributed by atoms with van der Waals surface area (Å²) in [5.41, 5.74) is 8.36. The van der Waals surface area contributed by atoms with E-state index in [0.29, 0.717) is 30.5 Å². The molecule has 1 fully saturated rings. The molecule has 1 aliphatic rings. The fourth-order valence-electron chi connectivity index (χ4n) is 6.26. The lowest BCUT2D eigenvalue weighted by molar-refractivity contribution is -0.153. The lowest BCUT2D eigenvalue weighted by Gasteiger charge is -2.43. The summed E-state index contributed by atoms with van der Waals surface area (Å²) >= 11 is 0. The minimum Gasteiger partial charge on any atom is -0.508 e. The molecule has 3 unspecified atom stereocenters. The van der Waals surface area contributed by atoms with Crippen LogP contribution in [0.1, 0.15) is 29.5 Å². The van der Waals surface area contributed by atoms with E-state index in [2.05, 4.69) is 36.4 Å². The van der Waals surface area contributed by atoms with Gasteiger partial charge in [-0.3, -0.25) is 14.4 Å². The first-order valence-corrected chi connectivity index (χ1v) is 15.5. The van der Waals surface area contributed by atoms with Gasteiger partial charge in [-0.25, -0.2) is 4.39 Å². The predicted octanol–water partition coefficient (Wildman–Crippen LogP) is 4.77. The Bertz CT molecular complexity index is 1740. The van der Waals surface area contributed by atoms with E-state index in [4.69, 9.17) is 5.73 Å². The Morgan fingerprint density at radius 1 is 0.913 bits per heavy atom. The third kappa shape index (κ3) is 7.88. The monoisotopic (exact) mass is 620 g/mol. The molecule has 9 heteroatoms. The van der Waals surface area contributed by atoms with E-state index in [0.717, 1.165) is 16.3 Å². The van der Waals surface area contributed by atoms with Crippen molar-refractivity contribution in [1.82, 2.24) is 9.80 Å². The highest BCUT2D eigenvalue weighted by Crippen LogP contribution is 2.28. The first-order valence-electron chi connectivity index (χ1n) is 15.5. The van der Waals surface area contributed by atoms with Crippen LogP contribution in [0.2, 0.25) is 0 Å². The van der Waals surface area contributed by atoms with Gasteiger partial charge in [0, 0.05) is 19.5 Å². The molecule has 0 bridgehead atoms. The third-order valence-electron chi connectivity index (χ3n) is 8.82. The quantitative estimate of drug-likeness (QED) is 0.236. The number of carbonyl (C=O) groups excluding carboxylic acids is 3. The fourth-order valence-corrected chi connectivity index (χ4v) is 6.26. The van der Waals surface area contributed by atoms with Gasteiger partial charge in [0.15, 0.2) is 0 Å². The van der Waals surface area contributed by atoms with Gasteiger partial charge in [0.1, 0.15) is 18.1 Å². The molecular weight excluding hydrogens is 583 g/mol. The Morgan fingerprint density at radius 2 is 1.54 bits per heavy atom. The number of carbonyl (C=O) groups is 3. The molecule has 1 saturated heterocycles. The van der Waals surface area contributed by atoms with Gasteiger partial charge in [-0.05, 0) is 77.4 Å². The van der Waals surface area contributed by atoms with Crippen molar-refractivity contribution in [1.29, 1.82) is 5.26 Å². The summed E-state index contributed by atoms with van der Waals surface area (Å²) in [6.07, 6.45) is 1.43. The number of nitriles is 1. The van der Waals surface area contributed by atoms with E-state index < -0.39 is 35.5 Å². The Morgan fingerprint density at radius 3 is 2.22 bits per heavy atom. The number of hydrogen-bond acceptors (Lipinski definition) is 5. The van der Waals surface area contributed by atoms with Crippen molar-refractivity contribution >= 4 is 28.5 Å². The topological polar surface area (TPSA) is 128 Å². The zero-order chi connectivity index (χ0) is 32.6. The van der Waals surface area contributed by atoms with Crippen molar-refractivity contribution in [2.24, 2.45) is 17.6 Å². The van der Waals surface area contributed by atoms with E-state index in [-0.39, 0.29) is 44.0 Å². The molecule has 0 radical (unpaired) electrons. The zero-order valence-electron chi connectivity index (χ0n) is 25.5. The van der Waals surface area contributed by atoms with Gasteiger partial charge in [-0.1, -0.05) is 66.7 Å². The highest BCUT2D eigenvalue weighted by molar-refractivity contribution is 5.91. The Labute approximate surface area is 267 Å². The summed E-state index contributed by atoms with van der Waals surface area (Å²) in [5, 5.41) is 21.4.